The third kappa shape index (κ3) is 2.62. The minimum Gasteiger partial charge on any atom is -0.325 e. The second-order valence-corrected chi connectivity index (χ2v) is 7.22. The number of hydrogen-bond donors (Lipinski definition) is 1. The second-order valence-electron chi connectivity index (χ2n) is 5.78. The average molecular weight is 334 g/mol. The number of nitrogens with one attached hydrogen (secondary N) is 1. The van der Waals surface area contributed by atoms with Crippen LogP contribution in [0.5, 0.6) is 0 Å². The molecular weight excluding hydrogens is 317 g/mol. The zero-order chi connectivity index (χ0) is 15.9. The Labute approximate surface area is 140 Å². The Balaban J connectivity index is 1.80. The van der Waals surface area contributed by atoms with E-state index in [2.05, 4.69) is 5.32 Å². The number of hydrogen-bond acceptors (Lipinski definition) is 1. The summed E-state index contributed by atoms with van der Waals surface area (Å²) in [5.74, 6) is -0.729. The van der Waals surface area contributed by atoms with Gasteiger partial charge in [0.2, 0.25) is 5.91 Å². The number of carbonyl (C=O) groups excluding carboxylic acids is 1. The van der Waals surface area contributed by atoms with E-state index in [1.54, 1.807) is 0 Å². The van der Waals surface area contributed by atoms with Crippen molar-refractivity contribution in [3.05, 3.63) is 65.2 Å². The van der Waals surface area contributed by atoms with Gasteiger partial charge in [0.25, 0.3) is 0 Å². The molecule has 0 aromatic heterocycles. The highest BCUT2D eigenvalue weighted by molar-refractivity contribution is 6.53. The number of anilines is 1. The maximum absolute atomic E-state index is 12.6. The minimum atomic E-state index is -1.04. The highest BCUT2D eigenvalue weighted by atomic mass is 35.5. The van der Waals surface area contributed by atoms with Crippen LogP contribution in [0.4, 0.5) is 5.69 Å². The lowest BCUT2D eigenvalue weighted by Gasteiger charge is -2.10. The molecule has 4 heteroatoms. The van der Waals surface area contributed by atoms with Crippen LogP contribution in [0.2, 0.25) is 0 Å². The van der Waals surface area contributed by atoms with Gasteiger partial charge >= 0.3 is 0 Å². The number of rotatable bonds is 3. The standard InChI is InChI=1S/C18H17Cl2NO/c1-11-7-6-10-14(12(11)2)21-17(22)16-15(18(16,19)20)13-8-4-3-5-9-13/h3-10,15-16H,1-2H3,(H,21,22)/t15-,16-/m1/s1. The maximum Gasteiger partial charge on any atom is 0.231 e. The Kier molecular flexibility index (Phi) is 3.92. The van der Waals surface area contributed by atoms with Crippen LogP contribution in [0.1, 0.15) is 22.6 Å². The fraction of sp³-hybridized carbons (Fsp3) is 0.278. The van der Waals surface area contributed by atoms with Gasteiger partial charge in [0.05, 0.1) is 5.92 Å². The molecule has 2 atom stereocenters. The van der Waals surface area contributed by atoms with Crippen molar-refractivity contribution in [3.8, 4) is 0 Å². The first-order valence-electron chi connectivity index (χ1n) is 7.22. The average Bonchev–Trinajstić information content (AvgIpc) is 3.07. The van der Waals surface area contributed by atoms with Gasteiger partial charge in [-0.05, 0) is 36.6 Å². The number of amides is 1. The van der Waals surface area contributed by atoms with E-state index >= 15 is 0 Å². The third-order valence-electron chi connectivity index (χ3n) is 4.36. The van der Waals surface area contributed by atoms with Gasteiger partial charge in [-0.1, -0.05) is 42.5 Å². The van der Waals surface area contributed by atoms with Crippen LogP contribution >= 0.6 is 23.2 Å². The van der Waals surface area contributed by atoms with Crippen molar-refractivity contribution in [1.82, 2.24) is 0 Å². The lowest BCUT2D eigenvalue weighted by Crippen LogP contribution is -2.18. The molecule has 0 bridgehead atoms. The van der Waals surface area contributed by atoms with Gasteiger partial charge in [-0.3, -0.25) is 4.79 Å². The molecule has 2 nitrogen and oxygen atoms in total. The SMILES string of the molecule is Cc1cccc(NC(=O)[C@H]2[C@@H](c3ccccc3)C2(Cl)Cl)c1C. The van der Waals surface area contributed by atoms with Crippen molar-refractivity contribution >= 4 is 34.8 Å². The summed E-state index contributed by atoms with van der Waals surface area (Å²) in [6.45, 7) is 4.00. The van der Waals surface area contributed by atoms with E-state index in [0.717, 1.165) is 22.4 Å². The van der Waals surface area contributed by atoms with Gasteiger partial charge in [-0.15, -0.1) is 23.2 Å². The van der Waals surface area contributed by atoms with E-state index in [-0.39, 0.29) is 11.8 Å². The third-order valence-corrected chi connectivity index (χ3v) is 5.30. The number of alkyl halides is 2. The Morgan fingerprint density at radius 1 is 1.05 bits per heavy atom. The molecule has 1 aliphatic carbocycles. The summed E-state index contributed by atoms with van der Waals surface area (Å²) in [6.07, 6.45) is 0. The smallest absolute Gasteiger partial charge is 0.231 e. The van der Waals surface area contributed by atoms with E-state index in [4.69, 9.17) is 23.2 Å². The highest BCUT2D eigenvalue weighted by Crippen LogP contribution is 2.65. The summed E-state index contributed by atoms with van der Waals surface area (Å²) in [7, 11) is 0. The summed E-state index contributed by atoms with van der Waals surface area (Å²) in [5.41, 5.74) is 4.00. The monoisotopic (exact) mass is 333 g/mol. The molecule has 2 aromatic rings. The minimum absolute atomic E-state index is 0.132. The van der Waals surface area contributed by atoms with Crippen LogP contribution in [0, 0.1) is 19.8 Å². The van der Waals surface area contributed by atoms with Gasteiger partial charge in [0, 0.05) is 11.6 Å². The lowest BCUT2D eigenvalue weighted by molar-refractivity contribution is -0.117. The summed E-state index contributed by atoms with van der Waals surface area (Å²) in [5, 5.41) is 2.96. The van der Waals surface area contributed by atoms with Crippen molar-refractivity contribution in [2.75, 3.05) is 5.32 Å². The number of benzene rings is 2. The number of carbonyl (C=O) groups is 1. The number of halogens is 2. The van der Waals surface area contributed by atoms with Crippen molar-refractivity contribution < 1.29 is 4.79 Å². The fourth-order valence-corrected chi connectivity index (χ4v) is 3.65. The molecule has 0 unspecified atom stereocenters. The summed E-state index contributed by atoms with van der Waals surface area (Å²) in [6, 6.07) is 15.5. The molecule has 1 aliphatic rings. The first kappa shape index (κ1) is 15.4. The predicted molar refractivity (Wildman–Crippen MR) is 91.7 cm³/mol. The largest absolute Gasteiger partial charge is 0.325 e. The molecule has 0 aliphatic heterocycles. The van der Waals surface area contributed by atoms with Crippen LogP contribution in [0.25, 0.3) is 0 Å². The van der Waals surface area contributed by atoms with Crippen LogP contribution in [0.3, 0.4) is 0 Å². The fourth-order valence-electron chi connectivity index (χ4n) is 2.83. The van der Waals surface area contributed by atoms with Crippen molar-refractivity contribution in [3.63, 3.8) is 0 Å². The number of aryl methyl sites for hydroxylation is 1. The molecule has 22 heavy (non-hydrogen) atoms. The van der Waals surface area contributed by atoms with Crippen LogP contribution in [-0.2, 0) is 4.79 Å². The molecule has 1 fully saturated rings. The van der Waals surface area contributed by atoms with Gasteiger partial charge in [-0.2, -0.15) is 0 Å². The zero-order valence-corrected chi connectivity index (χ0v) is 13.9. The summed E-state index contributed by atoms with van der Waals surface area (Å²) >= 11 is 12.7. The van der Waals surface area contributed by atoms with E-state index in [0.29, 0.717) is 0 Å². The maximum atomic E-state index is 12.6. The highest BCUT2D eigenvalue weighted by Gasteiger charge is 2.67. The molecule has 0 spiro atoms. The molecule has 1 N–H and O–H groups in total. The van der Waals surface area contributed by atoms with E-state index in [1.165, 1.54) is 0 Å². The Hall–Kier alpha value is -1.51. The molecule has 3 rings (SSSR count). The molecule has 2 aromatic carbocycles. The lowest BCUT2D eigenvalue weighted by atomic mass is 10.1. The first-order valence-corrected chi connectivity index (χ1v) is 7.98. The summed E-state index contributed by atoms with van der Waals surface area (Å²) in [4.78, 5) is 12.6. The van der Waals surface area contributed by atoms with Crippen molar-refractivity contribution in [1.29, 1.82) is 0 Å². The van der Waals surface area contributed by atoms with E-state index in [9.17, 15) is 4.79 Å². The molecule has 0 radical (unpaired) electrons. The van der Waals surface area contributed by atoms with Crippen molar-refractivity contribution in [2.45, 2.75) is 24.1 Å². The van der Waals surface area contributed by atoms with Crippen LogP contribution in [0.15, 0.2) is 48.5 Å². The van der Waals surface area contributed by atoms with Crippen LogP contribution < -0.4 is 5.32 Å². The topological polar surface area (TPSA) is 29.1 Å². The molecule has 114 valence electrons. The molecule has 0 heterocycles. The first-order chi connectivity index (χ1) is 10.4. The van der Waals surface area contributed by atoms with Gasteiger partial charge < -0.3 is 5.32 Å². The van der Waals surface area contributed by atoms with E-state index in [1.807, 2.05) is 62.4 Å². The van der Waals surface area contributed by atoms with E-state index < -0.39 is 10.3 Å². The van der Waals surface area contributed by atoms with Gasteiger partial charge in [-0.25, -0.2) is 0 Å². The molecular formula is C18H17Cl2NO. The second kappa shape index (κ2) is 5.60. The quantitative estimate of drug-likeness (QED) is 0.801. The predicted octanol–water partition coefficient (Wildman–Crippen LogP) is 4.83. The molecule has 1 amide bonds. The van der Waals surface area contributed by atoms with Gasteiger partial charge in [0.15, 0.2) is 0 Å². The Bertz CT molecular complexity index is 712. The Morgan fingerprint density at radius 3 is 2.41 bits per heavy atom. The normalized spacial score (nSPS) is 22.2. The Morgan fingerprint density at radius 2 is 1.73 bits per heavy atom. The van der Waals surface area contributed by atoms with Crippen molar-refractivity contribution in [2.24, 2.45) is 5.92 Å². The zero-order valence-electron chi connectivity index (χ0n) is 12.4. The summed E-state index contributed by atoms with van der Waals surface area (Å²) < 4.78 is -1.04. The molecule has 0 saturated heterocycles. The van der Waals surface area contributed by atoms with Crippen LogP contribution in [-0.4, -0.2) is 10.2 Å². The van der Waals surface area contributed by atoms with Gasteiger partial charge in [0.1, 0.15) is 4.33 Å². The molecule has 1 saturated carbocycles.